The van der Waals surface area contributed by atoms with Gasteiger partial charge in [0.05, 0.1) is 11.7 Å². The molecule has 32 heavy (non-hydrogen) atoms. The van der Waals surface area contributed by atoms with Crippen molar-refractivity contribution in [3.63, 3.8) is 0 Å². The third-order valence-electron chi connectivity index (χ3n) is 9.27. The number of rotatable bonds is 7. The Morgan fingerprint density at radius 1 is 1.16 bits per heavy atom. The molecule has 0 aromatic heterocycles. The quantitative estimate of drug-likeness (QED) is 0.362. The molecule has 0 aliphatic heterocycles. The zero-order chi connectivity index (χ0) is 23.3. The van der Waals surface area contributed by atoms with Gasteiger partial charge in [-0.3, -0.25) is 0 Å². The molecule has 2 N–H and O–H groups in total. The number of hydrogen-bond donors (Lipinski definition) is 2. The lowest BCUT2D eigenvalue weighted by atomic mass is 9.37. The molecule has 4 rings (SSSR count). The minimum Gasteiger partial charge on any atom is -0.389 e. The lowest BCUT2D eigenvalue weighted by molar-refractivity contribution is -0.267. The van der Waals surface area contributed by atoms with Crippen molar-refractivity contribution in [1.29, 1.82) is 0 Å². The third kappa shape index (κ3) is 3.22. The van der Waals surface area contributed by atoms with E-state index >= 15 is 0 Å². The second-order valence-corrected chi connectivity index (χ2v) is 11.2. The first-order chi connectivity index (χ1) is 15.1. The number of aliphatic hydroxyl groups is 2. The van der Waals surface area contributed by atoms with Gasteiger partial charge in [-0.15, -0.1) is 6.58 Å². The normalized spacial score (nSPS) is 37.2. The maximum atomic E-state index is 12.5. The van der Waals surface area contributed by atoms with Crippen molar-refractivity contribution in [3.05, 3.63) is 84.5 Å². The zero-order valence-electron chi connectivity index (χ0n) is 20.1. The predicted octanol–water partition coefficient (Wildman–Crippen LogP) is 6.94. The van der Waals surface area contributed by atoms with Gasteiger partial charge >= 0.3 is 0 Å². The van der Waals surface area contributed by atoms with Crippen LogP contribution in [0.1, 0.15) is 71.0 Å². The summed E-state index contributed by atoms with van der Waals surface area (Å²) in [5.41, 5.74) is 3.62. The van der Waals surface area contributed by atoms with Crippen molar-refractivity contribution in [2.24, 2.45) is 28.6 Å². The standard InChI is InChI=1S/C30H40O2/c1-7-21(5)18-30(32)25(27(31)22-12-10-9-11-13-22)19-29(30)17-16-28(6)15-14-23(20(3)4)26(28)24(29)8-2/h7-13,20,24-25,27,31-32H,1-2,5,14-19H2,3-4,6H3/t24-,25+,27+,28-,29+,30-/m1/s1. The number of allylic oxidation sites excluding steroid dienone is 4. The molecule has 2 nitrogen and oxygen atoms in total. The number of hydrogen-bond acceptors (Lipinski definition) is 2. The molecule has 1 aromatic carbocycles. The largest absolute Gasteiger partial charge is 0.389 e. The molecule has 1 aromatic rings. The fourth-order valence-corrected chi connectivity index (χ4v) is 7.45. The SMILES string of the molecule is C=CC(=C)C[C@@]1(O)[C@H]([C@@H](O)c2ccccc2)C[C@]12CC[C@@]1(C)CCC(C(C)C)=C1[C@H]2C=C. The first kappa shape index (κ1) is 23.3. The van der Waals surface area contributed by atoms with E-state index in [-0.39, 0.29) is 22.7 Å². The number of aliphatic hydroxyl groups excluding tert-OH is 1. The summed E-state index contributed by atoms with van der Waals surface area (Å²) < 4.78 is 0. The zero-order valence-corrected chi connectivity index (χ0v) is 20.1. The molecular formula is C30H40O2. The Hall–Kier alpha value is -1.90. The summed E-state index contributed by atoms with van der Waals surface area (Å²) in [7, 11) is 0. The van der Waals surface area contributed by atoms with Crippen molar-refractivity contribution >= 4 is 0 Å². The van der Waals surface area contributed by atoms with E-state index in [0.29, 0.717) is 12.3 Å². The van der Waals surface area contributed by atoms with Gasteiger partial charge in [0.2, 0.25) is 0 Å². The molecule has 2 fully saturated rings. The van der Waals surface area contributed by atoms with E-state index in [2.05, 4.69) is 46.6 Å². The minimum atomic E-state index is -1.05. The van der Waals surface area contributed by atoms with Crippen LogP contribution >= 0.6 is 0 Å². The summed E-state index contributed by atoms with van der Waals surface area (Å²) in [5.74, 6) is 0.396. The van der Waals surface area contributed by atoms with Crippen molar-refractivity contribution in [3.8, 4) is 0 Å². The fraction of sp³-hybridized carbons (Fsp3) is 0.533. The predicted molar refractivity (Wildman–Crippen MR) is 133 cm³/mol. The molecule has 0 saturated heterocycles. The Morgan fingerprint density at radius 3 is 2.44 bits per heavy atom. The van der Waals surface area contributed by atoms with E-state index in [4.69, 9.17) is 0 Å². The molecular weight excluding hydrogens is 392 g/mol. The molecule has 0 unspecified atom stereocenters. The molecule has 0 amide bonds. The molecule has 3 aliphatic rings. The Morgan fingerprint density at radius 2 is 1.84 bits per heavy atom. The summed E-state index contributed by atoms with van der Waals surface area (Å²) in [6, 6.07) is 9.77. The molecule has 1 spiro atoms. The van der Waals surface area contributed by atoms with Crippen molar-refractivity contribution in [2.75, 3.05) is 0 Å². The summed E-state index contributed by atoms with van der Waals surface area (Å²) in [5, 5.41) is 23.8. The van der Waals surface area contributed by atoms with E-state index in [1.807, 2.05) is 30.3 Å². The highest BCUT2D eigenvalue weighted by Crippen LogP contribution is 2.73. The summed E-state index contributed by atoms with van der Waals surface area (Å²) in [6.45, 7) is 19.4. The van der Waals surface area contributed by atoms with Crippen LogP contribution in [-0.2, 0) is 0 Å². The molecule has 0 bridgehead atoms. The van der Waals surface area contributed by atoms with Crippen LogP contribution in [0.25, 0.3) is 0 Å². The van der Waals surface area contributed by atoms with Gasteiger partial charge in [0.1, 0.15) is 0 Å². The van der Waals surface area contributed by atoms with E-state index in [0.717, 1.165) is 36.8 Å². The second-order valence-electron chi connectivity index (χ2n) is 11.2. The summed E-state index contributed by atoms with van der Waals surface area (Å²) >= 11 is 0. The maximum absolute atomic E-state index is 12.5. The molecule has 0 radical (unpaired) electrons. The van der Waals surface area contributed by atoms with Crippen LogP contribution < -0.4 is 0 Å². The van der Waals surface area contributed by atoms with Crippen LogP contribution in [0.2, 0.25) is 0 Å². The maximum Gasteiger partial charge on any atom is 0.0846 e. The van der Waals surface area contributed by atoms with Gasteiger partial charge in [0.15, 0.2) is 0 Å². The number of benzene rings is 1. The van der Waals surface area contributed by atoms with Crippen molar-refractivity contribution in [1.82, 2.24) is 0 Å². The smallest absolute Gasteiger partial charge is 0.0846 e. The molecule has 2 heteroatoms. The Kier molecular flexibility index (Phi) is 5.92. The first-order valence-corrected chi connectivity index (χ1v) is 12.2. The fourth-order valence-electron chi connectivity index (χ4n) is 7.45. The van der Waals surface area contributed by atoms with Gasteiger partial charge < -0.3 is 10.2 Å². The minimum absolute atomic E-state index is 0.128. The van der Waals surface area contributed by atoms with E-state index in [9.17, 15) is 10.2 Å². The summed E-state index contributed by atoms with van der Waals surface area (Å²) in [6.07, 6.45) is 8.77. The average molecular weight is 433 g/mol. The molecule has 172 valence electrons. The highest BCUT2D eigenvalue weighted by molar-refractivity contribution is 5.42. The van der Waals surface area contributed by atoms with Crippen LogP contribution in [-0.4, -0.2) is 15.8 Å². The molecule has 0 heterocycles. The van der Waals surface area contributed by atoms with E-state index < -0.39 is 11.7 Å². The van der Waals surface area contributed by atoms with Gasteiger partial charge in [-0.1, -0.05) is 93.1 Å². The van der Waals surface area contributed by atoms with Gasteiger partial charge in [-0.2, -0.15) is 0 Å². The van der Waals surface area contributed by atoms with Crippen LogP contribution in [0, 0.1) is 28.6 Å². The summed E-state index contributed by atoms with van der Waals surface area (Å²) in [4.78, 5) is 0. The van der Waals surface area contributed by atoms with Crippen molar-refractivity contribution in [2.45, 2.75) is 71.0 Å². The Labute approximate surface area is 194 Å². The first-order valence-electron chi connectivity index (χ1n) is 12.2. The van der Waals surface area contributed by atoms with Gasteiger partial charge in [-0.05, 0) is 49.0 Å². The number of fused-ring (bicyclic) bond motifs is 1. The highest BCUT2D eigenvalue weighted by atomic mass is 16.3. The average Bonchev–Trinajstić information content (AvgIpc) is 3.14. The van der Waals surface area contributed by atoms with Crippen LogP contribution in [0.5, 0.6) is 0 Å². The highest BCUT2D eigenvalue weighted by Gasteiger charge is 2.71. The lowest BCUT2D eigenvalue weighted by Gasteiger charge is -2.69. The van der Waals surface area contributed by atoms with E-state index in [1.165, 1.54) is 12.0 Å². The van der Waals surface area contributed by atoms with Crippen LogP contribution in [0.15, 0.2) is 78.9 Å². The van der Waals surface area contributed by atoms with Gasteiger partial charge in [0.25, 0.3) is 0 Å². The van der Waals surface area contributed by atoms with Crippen molar-refractivity contribution < 1.29 is 10.2 Å². The molecule has 3 aliphatic carbocycles. The monoisotopic (exact) mass is 432 g/mol. The molecule has 2 saturated carbocycles. The van der Waals surface area contributed by atoms with Gasteiger partial charge in [-0.25, -0.2) is 0 Å². The topological polar surface area (TPSA) is 40.5 Å². The van der Waals surface area contributed by atoms with E-state index in [1.54, 1.807) is 11.6 Å². The lowest BCUT2D eigenvalue weighted by Crippen LogP contribution is -2.70. The Balaban J connectivity index is 1.80. The Bertz CT molecular complexity index is 941. The third-order valence-corrected chi connectivity index (χ3v) is 9.27. The van der Waals surface area contributed by atoms with Crippen LogP contribution in [0.3, 0.4) is 0 Å². The van der Waals surface area contributed by atoms with Crippen LogP contribution in [0.4, 0.5) is 0 Å². The second kappa shape index (κ2) is 8.15. The molecule has 6 atom stereocenters. The van der Waals surface area contributed by atoms with Gasteiger partial charge in [0, 0.05) is 23.7 Å².